The van der Waals surface area contributed by atoms with E-state index in [-0.39, 0.29) is 5.91 Å². The molecule has 3 heterocycles. The van der Waals surface area contributed by atoms with Crippen LogP contribution in [0.3, 0.4) is 0 Å². The number of carbonyl (C=O) groups excluding carboxylic acids is 1. The van der Waals surface area contributed by atoms with Crippen LogP contribution in [0.2, 0.25) is 0 Å². The third-order valence-electron chi connectivity index (χ3n) is 6.51. The molecular weight excluding hydrogens is 394 g/mol. The van der Waals surface area contributed by atoms with Crippen molar-refractivity contribution >= 4 is 17.2 Å². The summed E-state index contributed by atoms with van der Waals surface area (Å²) in [5.74, 6) is 1.21. The van der Waals surface area contributed by atoms with E-state index in [1.54, 1.807) is 11.3 Å². The maximum atomic E-state index is 12.8. The quantitative estimate of drug-likeness (QED) is 0.661. The minimum atomic E-state index is -0.0963. The fraction of sp³-hybridized carbons (Fsp3) is 0.417. The van der Waals surface area contributed by atoms with Crippen molar-refractivity contribution < 1.29 is 9.32 Å². The van der Waals surface area contributed by atoms with Crippen molar-refractivity contribution in [1.82, 2.24) is 15.4 Å². The lowest BCUT2D eigenvalue weighted by Gasteiger charge is -2.32. The van der Waals surface area contributed by atoms with Crippen LogP contribution in [0.1, 0.15) is 44.9 Å². The highest BCUT2D eigenvalue weighted by atomic mass is 32.1. The summed E-state index contributed by atoms with van der Waals surface area (Å²) in [6.07, 6.45) is 4.01. The Morgan fingerprint density at radius 2 is 2.07 bits per heavy atom. The summed E-state index contributed by atoms with van der Waals surface area (Å²) in [4.78, 5) is 16.6. The molecule has 0 radical (unpaired) electrons. The molecule has 156 valence electrons. The molecule has 1 aliphatic carbocycles. The summed E-state index contributed by atoms with van der Waals surface area (Å²) in [6, 6.07) is 10.7. The van der Waals surface area contributed by atoms with Gasteiger partial charge in [0.1, 0.15) is 0 Å². The maximum Gasteiger partial charge on any atom is 0.273 e. The smallest absolute Gasteiger partial charge is 0.273 e. The van der Waals surface area contributed by atoms with E-state index in [2.05, 4.69) is 58.0 Å². The number of piperidine rings is 1. The number of nitrogens with one attached hydrogen (secondary N) is 1. The SMILES string of the molecule is Cc1ccccc1CN1CCC(CNC(=O)c2noc3c2CCc2sccc2-3)CC1. The second-order valence-corrected chi connectivity index (χ2v) is 9.45. The molecule has 1 saturated heterocycles. The number of carbonyl (C=O) groups is 1. The molecular formula is C24H27N3O2S. The van der Waals surface area contributed by atoms with E-state index >= 15 is 0 Å². The van der Waals surface area contributed by atoms with E-state index in [1.165, 1.54) is 16.0 Å². The molecule has 0 spiro atoms. The molecule has 30 heavy (non-hydrogen) atoms. The first-order valence-electron chi connectivity index (χ1n) is 10.8. The highest BCUT2D eigenvalue weighted by Crippen LogP contribution is 2.38. The van der Waals surface area contributed by atoms with Crippen LogP contribution in [0.4, 0.5) is 0 Å². The molecule has 0 atom stereocenters. The Balaban J connectivity index is 1.14. The normalized spacial score (nSPS) is 16.8. The zero-order valence-corrected chi connectivity index (χ0v) is 18.1. The Kier molecular flexibility index (Phi) is 5.44. The predicted octanol–water partition coefficient (Wildman–Crippen LogP) is 4.45. The van der Waals surface area contributed by atoms with Crippen LogP contribution in [0.15, 0.2) is 40.2 Å². The summed E-state index contributed by atoms with van der Waals surface area (Å²) in [6.45, 7) is 6.06. The molecule has 1 N–H and O–H groups in total. The number of rotatable bonds is 5. The lowest BCUT2D eigenvalue weighted by atomic mass is 9.94. The average Bonchev–Trinajstić information content (AvgIpc) is 3.41. The average molecular weight is 422 g/mol. The Morgan fingerprint density at radius 3 is 2.90 bits per heavy atom. The Bertz CT molecular complexity index is 1050. The van der Waals surface area contributed by atoms with Gasteiger partial charge in [0.25, 0.3) is 5.91 Å². The summed E-state index contributed by atoms with van der Waals surface area (Å²) in [5, 5.41) is 9.31. The van der Waals surface area contributed by atoms with Crippen LogP contribution in [0.25, 0.3) is 11.3 Å². The van der Waals surface area contributed by atoms with E-state index in [4.69, 9.17) is 4.52 Å². The molecule has 2 aromatic heterocycles. The van der Waals surface area contributed by atoms with Crippen molar-refractivity contribution in [2.24, 2.45) is 5.92 Å². The minimum absolute atomic E-state index is 0.0963. The molecule has 5 nitrogen and oxygen atoms in total. The first-order chi connectivity index (χ1) is 14.7. The topological polar surface area (TPSA) is 58.4 Å². The molecule has 1 fully saturated rings. The van der Waals surface area contributed by atoms with E-state index in [9.17, 15) is 4.79 Å². The molecule has 3 aromatic rings. The van der Waals surface area contributed by atoms with Crippen LogP contribution >= 0.6 is 11.3 Å². The standard InChI is InChI=1S/C24H27N3O2S/c1-16-4-2-3-5-18(16)15-27-11-8-17(9-12-27)14-25-24(28)22-20-6-7-21-19(10-13-30-21)23(20)29-26-22/h2-5,10,13,17H,6-9,11-12,14-15H2,1H3,(H,25,28). The highest BCUT2D eigenvalue weighted by Gasteiger charge is 2.29. The summed E-state index contributed by atoms with van der Waals surface area (Å²) >= 11 is 1.74. The number of hydrogen-bond donors (Lipinski definition) is 1. The highest BCUT2D eigenvalue weighted by molar-refractivity contribution is 7.10. The predicted molar refractivity (Wildman–Crippen MR) is 119 cm³/mol. The van der Waals surface area contributed by atoms with Crippen molar-refractivity contribution in [1.29, 1.82) is 0 Å². The molecule has 1 amide bonds. The van der Waals surface area contributed by atoms with Crippen molar-refractivity contribution in [2.45, 2.75) is 39.2 Å². The maximum absolute atomic E-state index is 12.8. The van der Waals surface area contributed by atoms with Gasteiger partial charge >= 0.3 is 0 Å². The van der Waals surface area contributed by atoms with Crippen LogP contribution in [-0.2, 0) is 19.4 Å². The van der Waals surface area contributed by atoms with Crippen molar-refractivity contribution in [3.8, 4) is 11.3 Å². The number of amides is 1. The van der Waals surface area contributed by atoms with Gasteiger partial charge in [0.05, 0.1) is 0 Å². The monoisotopic (exact) mass is 421 g/mol. The third-order valence-corrected chi connectivity index (χ3v) is 7.49. The lowest BCUT2D eigenvalue weighted by molar-refractivity contribution is 0.0925. The largest absolute Gasteiger partial charge is 0.355 e. The molecule has 1 aliphatic heterocycles. The fourth-order valence-electron chi connectivity index (χ4n) is 4.60. The van der Waals surface area contributed by atoms with E-state index in [1.807, 2.05) is 0 Å². The van der Waals surface area contributed by atoms with Crippen LogP contribution in [0.5, 0.6) is 0 Å². The fourth-order valence-corrected chi connectivity index (χ4v) is 5.48. The number of hydrogen-bond acceptors (Lipinski definition) is 5. The molecule has 1 aromatic carbocycles. The van der Waals surface area contributed by atoms with Crippen LogP contribution in [0, 0.1) is 12.8 Å². The number of fused-ring (bicyclic) bond motifs is 3. The van der Waals surface area contributed by atoms with Gasteiger partial charge in [-0.1, -0.05) is 29.4 Å². The Hall–Kier alpha value is -2.44. The van der Waals surface area contributed by atoms with E-state index in [0.717, 1.165) is 62.2 Å². The number of nitrogens with zero attached hydrogens (tertiary/aromatic N) is 2. The lowest BCUT2D eigenvalue weighted by Crippen LogP contribution is -2.38. The van der Waals surface area contributed by atoms with Crippen LogP contribution < -0.4 is 5.32 Å². The second kappa shape index (κ2) is 8.36. The van der Waals surface area contributed by atoms with Gasteiger partial charge in [-0.2, -0.15) is 0 Å². The molecule has 6 heteroatoms. The zero-order valence-electron chi connectivity index (χ0n) is 17.3. The number of thiophene rings is 1. The third kappa shape index (κ3) is 3.82. The van der Waals surface area contributed by atoms with Gasteiger partial charge in [-0.25, -0.2) is 0 Å². The molecule has 0 saturated carbocycles. The molecule has 0 bridgehead atoms. The Morgan fingerprint density at radius 1 is 1.23 bits per heavy atom. The van der Waals surface area contributed by atoms with Crippen LogP contribution in [-0.4, -0.2) is 35.6 Å². The molecule has 5 rings (SSSR count). The number of aryl methyl sites for hydroxylation is 2. The van der Waals surface area contributed by atoms with Gasteiger partial charge in [-0.3, -0.25) is 9.69 Å². The first kappa shape index (κ1) is 19.5. The van der Waals surface area contributed by atoms with Crippen molar-refractivity contribution in [2.75, 3.05) is 19.6 Å². The van der Waals surface area contributed by atoms with E-state index < -0.39 is 0 Å². The van der Waals surface area contributed by atoms with Crippen molar-refractivity contribution in [3.63, 3.8) is 0 Å². The van der Waals surface area contributed by atoms with Gasteiger partial charge in [0.2, 0.25) is 0 Å². The minimum Gasteiger partial charge on any atom is -0.355 e. The number of aromatic nitrogens is 1. The summed E-state index contributed by atoms with van der Waals surface area (Å²) in [5.41, 5.74) is 5.31. The van der Waals surface area contributed by atoms with Gasteiger partial charge in [-0.05, 0) is 74.2 Å². The van der Waals surface area contributed by atoms with Gasteiger partial charge < -0.3 is 9.84 Å². The Labute approximate surface area is 181 Å². The molecule has 0 unspecified atom stereocenters. The van der Waals surface area contributed by atoms with Gasteiger partial charge in [0.15, 0.2) is 11.5 Å². The van der Waals surface area contributed by atoms with E-state index in [0.29, 0.717) is 18.2 Å². The number of likely N-dealkylation sites (tertiary alicyclic amines) is 1. The summed E-state index contributed by atoms with van der Waals surface area (Å²) in [7, 11) is 0. The number of benzene rings is 1. The first-order valence-corrected chi connectivity index (χ1v) is 11.7. The van der Waals surface area contributed by atoms with Gasteiger partial charge in [-0.15, -0.1) is 11.3 Å². The zero-order chi connectivity index (χ0) is 20.5. The molecule has 2 aliphatic rings. The second-order valence-electron chi connectivity index (χ2n) is 8.45. The summed E-state index contributed by atoms with van der Waals surface area (Å²) < 4.78 is 5.55. The van der Waals surface area contributed by atoms with Crippen molar-refractivity contribution in [3.05, 3.63) is 63.0 Å². The van der Waals surface area contributed by atoms with Gasteiger partial charge in [0, 0.05) is 29.1 Å².